The molecule has 0 saturated carbocycles. The van der Waals surface area contributed by atoms with Crippen LogP contribution in [0.1, 0.15) is 18.1 Å². The largest absolute Gasteiger partial charge is 0.207 e. The summed E-state index contributed by atoms with van der Waals surface area (Å²) in [5.74, 6) is 0.243. The van der Waals surface area contributed by atoms with Crippen LogP contribution in [-0.4, -0.2) is 20.2 Å². The Kier molecular flexibility index (Phi) is 3.38. The molecule has 0 spiro atoms. The third-order valence-corrected chi connectivity index (χ3v) is 3.05. The van der Waals surface area contributed by atoms with Gasteiger partial charge >= 0.3 is 0 Å². The van der Waals surface area contributed by atoms with Gasteiger partial charge in [-0.3, -0.25) is 0 Å². The minimum absolute atomic E-state index is 0.290. The molecule has 0 aliphatic heterocycles. The van der Waals surface area contributed by atoms with Gasteiger partial charge in [0.05, 0.1) is 11.1 Å². The van der Waals surface area contributed by atoms with Gasteiger partial charge in [0.1, 0.15) is 5.82 Å². The molecule has 2 aromatic rings. The molecular formula is C9H7ClFIN4. The maximum Gasteiger partial charge on any atom is 0.174 e. The van der Waals surface area contributed by atoms with Crippen molar-refractivity contribution < 1.29 is 4.39 Å². The fraction of sp³-hybridized carbons (Fsp3) is 0.222. The second-order valence-corrected chi connectivity index (χ2v) is 4.98. The molecule has 2 rings (SSSR count). The lowest BCUT2D eigenvalue weighted by molar-refractivity contribution is 0.625. The SMILES string of the molecule is CC(Cl)c1nnnn1-c1ccc(F)cc1I. The van der Waals surface area contributed by atoms with Gasteiger partial charge in [0, 0.05) is 3.57 Å². The van der Waals surface area contributed by atoms with Crippen molar-refractivity contribution >= 4 is 34.2 Å². The lowest BCUT2D eigenvalue weighted by atomic mass is 10.3. The van der Waals surface area contributed by atoms with Gasteiger partial charge < -0.3 is 0 Å². The molecule has 0 N–H and O–H groups in total. The molecule has 1 aromatic carbocycles. The monoisotopic (exact) mass is 352 g/mol. The molecule has 0 radical (unpaired) electrons. The van der Waals surface area contributed by atoms with E-state index < -0.39 is 0 Å². The molecule has 7 heteroatoms. The summed E-state index contributed by atoms with van der Waals surface area (Å²) >= 11 is 7.97. The van der Waals surface area contributed by atoms with E-state index in [1.807, 2.05) is 22.6 Å². The molecule has 1 heterocycles. The zero-order valence-corrected chi connectivity index (χ0v) is 11.1. The highest BCUT2D eigenvalue weighted by molar-refractivity contribution is 14.1. The summed E-state index contributed by atoms with van der Waals surface area (Å²) in [6.45, 7) is 1.78. The fourth-order valence-electron chi connectivity index (χ4n) is 1.27. The number of alkyl halides is 1. The molecule has 0 aliphatic rings. The van der Waals surface area contributed by atoms with Crippen molar-refractivity contribution in [1.82, 2.24) is 20.2 Å². The molecule has 0 amide bonds. The second kappa shape index (κ2) is 4.62. The molecule has 84 valence electrons. The Morgan fingerprint density at radius 2 is 2.25 bits per heavy atom. The van der Waals surface area contributed by atoms with Crippen molar-refractivity contribution in [1.29, 1.82) is 0 Å². The summed E-state index contributed by atoms with van der Waals surface area (Å²) in [5.41, 5.74) is 0.717. The number of halogens is 3. The Bertz CT molecular complexity index is 514. The lowest BCUT2D eigenvalue weighted by Gasteiger charge is -2.07. The number of hydrogen-bond donors (Lipinski definition) is 0. The summed E-state index contributed by atoms with van der Waals surface area (Å²) in [7, 11) is 0. The van der Waals surface area contributed by atoms with Crippen molar-refractivity contribution in [3.05, 3.63) is 33.4 Å². The smallest absolute Gasteiger partial charge is 0.174 e. The van der Waals surface area contributed by atoms with Crippen LogP contribution in [0.2, 0.25) is 0 Å². The zero-order chi connectivity index (χ0) is 11.7. The van der Waals surface area contributed by atoms with Crippen LogP contribution in [0.15, 0.2) is 18.2 Å². The van der Waals surface area contributed by atoms with Gasteiger partial charge in [-0.2, -0.15) is 4.68 Å². The third kappa shape index (κ3) is 2.17. The molecule has 0 saturated heterocycles. The van der Waals surface area contributed by atoms with Crippen LogP contribution in [0.5, 0.6) is 0 Å². The minimum Gasteiger partial charge on any atom is -0.207 e. The predicted octanol–water partition coefficient (Wildman–Crippen LogP) is 2.71. The van der Waals surface area contributed by atoms with Gasteiger partial charge in [0.25, 0.3) is 0 Å². The number of tetrazole rings is 1. The summed E-state index contributed by atoms with van der Waals surface area (Å²) in [6.07, 6.45) is 0. The Labute approximate surface area is 110 Å². The number of benzene rings is 1. The maximum absolute atomic E-state index is 13.0. The lowest BCUT2D eigenvalue weighted by Crippen LogP contribution is -2.05. The standard InChI is InChI=1S/C9H7ClFIN4/c1-5(10)9-13-14-15-16(9)8-3-2-6(11)4-7(8)12/h2-5H,1H3. The summed E-state index contributed by atoms with van der Waals surface area (Å²) in [4.78, 5) is 0. The van der Waals surface area contributed by atoms with Crippen LogP contribution in [0.4, 0.5) is 4.39 Å². The van der Waals surface area contributed by atoms with E-state index in [-0.39, 0.29) is 11.2 Å². The molecule has 0 fully saturated rings. The first-order valence-corrected chi connectivity index (χ1v) is 5.99. The third-order valence-electron chi connectivity index (χ3n) is 1.99. The number of hydrogen-bond acceptors (Lipinski definition) is 3. The van der Waals surface area contributed by atoms with Crippen LogP contribution >= 0.6 is 34.2 Å². The number of rotatable bonds is 2. The molecule has 0 bridgehead atoms. The van der Waals surface area contributed by atoms with Crippen molar-refractivity contribution in [2.75, 3.05) is 0 Å². The number of aromatic nitrogens is 4. The van der Waals surface area contributed by atoms with E-state index >= 15 is 0 Å². The first-order chi connectivity index (χ1) is 7.59. The van der Waals surface area contributed by atoms with Crippen LogP contribution in [0, 0.1) is 9.39 Å². The highest BCUT2D eigenvalue weighted by atomic mass is 127. The quantitative estimate of drug-likeness (QED) is 0.616. The highest BCUT2D eigenvalue weighted by Crippen LogP contribution is 2.22. The molecule has 16 heavy (non-hydrogen) atoms. The average molecular weight is 353 g/mol. The van der Waals surface area contributed by atoms with Gasteiger partial charge in [-0.15, -0.1) is 16.7 Å². The van der Waals surface area contributed by atoms with Gasteiger partial charge in [-0.1, -0.05) is 0 Å². The first kappa shape index (κ1) is 11.7. The van der Waals surface area contributed by atoms with Gasteiger partial charge in [-0.25, -0.2) is 4.39 Å². The van der Waals surface area contributed by atoms with Crippen LogP contribution in [0.25, 0.3) is 5.69 Å². The fourth-order valence-corrected chi connectivity index (χ4v) is 2.11. The zero-order valence-electron chi connectivity index (χ0n) is 8.23. The normalized spacial score (nSPS) is 12.8. The first-order valence-electron chi connectivity index (χ1n) is 4.47. The second-order valence-electron chi connectivity index (χ2n) is 3.16. The van der Waals surface area contributed by atoms with Crippen molar-refractivity contribution in [2.24, 2.45) is 0 Å². The van der Waals surface area contributed by atoms with E-state index in [0.717, 1.165) is 9.26 Å². The van der Waals surface area contributed by atoms with Crippen LogP contribution < -0.4 is 0 Å². The Balaban J connectivity index is 2.54. The minimum atomic E-state index is -0.309. The Morgan fingerprint density at radius 3 is 2.88 bits per heavy atom. The Hall–Kier alpha value is -0.760. The molecule has 1 unspecified atom stereocenters. The maximum atomic E-state index is 13.0. The van der Waals surface area contributed by atoms with Gasteiger partial charge in [0.2, 0.25) is 0 Å². The van der Waals surface area contributed by atoms with Crippen LogP contribution in [0.3, 0.4) is 0 Å². The topological polar surface area (TPSA) is 43.6 Å². The summed E-state index contributed by atoms with van der Waals surface area (Å²) < 4.78 is 15.2. The highest BCUT2D eigenvalue weighted by Gasteiger charge is 2.15. The molecule has 1 atom stereocenters. The predicted molar refractivity (Wildman–Crippen MR) is 66.1 cm³/mol. The van der Waals surface area contributed by atoms with Crippen LogP contribution in [-0.2, 0) is 0 Å². The average Bonchev–Trinajstić information content (AvgIpc) is 2.66. The summed E-state index contributed by atoms with van der Waals surface area (Å²) in [5, 5.41) is 10.9. The summed E-state index contributed by atoms with van der Waals surface area (Å²) in [6, 6.07) is 4.40. The van der Waals surface area contributed by atoms with E-state index in [9.17, 15) is 4.39 Å². The van der Waals surface area contributed by atoms with Crippen molar-refractivity contribution in [3.63, 3.8) is 0 Å². The van der Waals surface area contributed by atoms with Gasteiger partial charge in [-0.05, 0) is 58.1 Å². The van der Waals surface area contributed by atoms with Crippen molar-refractivity contribution in [2.45, 2.75) is 12.3 Å². The van der Waals surface area contributed by atoms with E-state index in [4.69, 9.17) is 11.6 Å². The van der Waals surface area contributed by atoms with E-state index in [0.29, 0.717) is 5.82 Å². The molecular weight excluding hydrogens is 345 g/mol. The van der Waals surface area contributed by atoms with E-state index in [1.165, 1.54) is 16.8 Å². The van der Waals surface area contributed by atoms with Gasteiger partial charge in [0.15, 0.2) is 5.82 Å². The van der Waals surface area contributed by atoms with E-state index in [1.54, 1.807) is 13.0 Å². The molecule has 1 aromatic heterocycles. The number of nitrogens with zero attached hydrogens (tertiary/aromatic N) is 4. The molecule has 0 aliphatic carbocycles. The molecule has 4 nitrogen and oxygen atoms in total. The van der Waals surface area contributed by atoms with E-state index in [2.05, 4.69) is 15.5 Å². The Morgan fingerprint density at radius 1 is 1.50 bits per heavy atom. The van der Waals surface area contributed by atoms with Crippen molar-refractivity contribution in [3.8, 4) is 5.69 Å².